The van der Waals surface area contributed by atoms with Gasteiger partial charge >= 0.3 is 6.09 Å². The molecule has 1 aromatic rings. The number of nitrogens with zero attached hydrogens (tertiary/aromatic N) is 5. The van der Waals surface area contributed by atoms with E-state index in [1.165, 1.54) is 0 Å². The number of hydrogen-bond donors (Lipinski definition) is 0. The third-order valence-corrected chi connectivity index (χ3v) is 8.63. The molecule has 0 N–H and O–H groups in total. The highest BCUT2D eigenvalue weighted by molar-refractivity contribution is 6.42. The molecule has 0 aliphatic carbocycles. The van der Waals surface area contributed by atoms with Crippen LogP contribution in [0.5, 0.6) is 5.75 Å². The number of aromatic nitrogens is 1. The second-order valence-electron chi connectivity index (χ2n) is 12.2. The Balaban J connectivity index is 1.43. The van der Waals surface area contributed by atoms with Crippen molar-refractivity contribution < 1.29 is 23.8 Å². The molecule has 0 spiro atoms. The molecule has 4 aliphatic rings. The van der Waals surface area contributed by atoms with Gasteiger partial charge in [0.1, 0.15) is 28.6 Å². The van der Waals surface area contributed by atoms with Gasteiger partial charge in [-0.2, -0.15) is 0 Å². The Morgan fingerprint density at radius 2 is 1.82 bits per heavy atom. The molecule has 0 unspecified atom stereocenters. The summed E-state index contributed by atoms with van der Waals surface area (Å²) in [7, 11) is 1.74. The Kier molecular flexibility index (Phi) is 7.16. The van der Waals surface area contributed by atoms with Crippen LogP contribution in [0.25, 0.3) is 0 Å². The smallest absolute Gasteiger partial charge is 0.410 e. The van der Waals surface area contributed by atoms with E-state index in [-0.39, 0.29) is 46.1 Å². The van der Waals surface area contributed by atoms with Gasteiger partial charge in [0.25, 0.3) is 5.91 Å². The number of fused-ring (bicyclic) bond motifs is 2. The number of likely N-dealkylation sites (tertiary alicyclic amines) is 1. The van der Waals surface area contributed by atoms with Crippen molar-refractivity contribution in [3.63, 3.8) is 0 Å². The Morgan fingerprint density at radius 1 is 1.11 bits per heavy atom. The number of carbonyl (C=O) groups is 2. The summed E-state index contributed by atoms with van der Waals surface area (Å²) in [5, 5.41) is 0.230. The second kappa shape index (κ2) is 9.87. The molecule has 3 saturated heterocycles. The first-order valence-electron chi connectivity index (χ1n) is 13.1. The summed E-state index contributed by atoms with van der Waals surface area (Å²) >= 11 is 13.1. The number of carbonyl (C=O) groups excluding carboxylic acids is 2. The first-order chi connectivity index (χ1) is 17.8. The first kappa shape index (κ1) is 27.6. The Labute approximate surface area is 234 Å². The lowest BCUT2D eigenvalue weighted by atomic mass is 9.97. The van der Waals surface area contributed by atoms with Gasteiger partial charge in [0.05, 0.1) is 12.1 Å². The molecule has 0 radical (unpaired) electrons. The average Bonchev–Trinajstić information content (AvgIpc) is 3.02. The molecule has 2 amide bonds. The lowest BCUT2D eigenvalue weighted by molar-refractivity contribution is -0.0475. The van der Waals surface area contributed by atoms with Crippen molar-refractivity contribution in [3.8, 4) is 5.75 Å². The highest BCUT2D eigenvalue weighted by Gasteiger charge is 2.48. The van der Waals surface area contributed by atoms with Gasteiger partial charge in [-0.05, 0) is 41.0 Å². The molecule has 210 valence electrons. The zero-order valence-electron chi connectivity index (χ0n) is 22.9. The van der Waals surface area contributed by atoms with Gasteiger partial charge < -0.3 is 28.9 Å². The Bertz CT molecular complexity index is 1120. The van der Waals surface area contributed by atoms with Crippen molar-refractivity contribution in [1.29, 1.82) is 0 Å². The van der Waals surface area contributed by atoms with E-state index in [9.17, 15) is 9.59 Å². The van der Waals surface area contributed by atoms with Crippen LogP contribution < -0.4 is 9.64 Å². The fourth-order valence-electron chi connectivity index (χ4n) is 5.85. The van der Waals surface area contributed by atoms with Gasteiger partial charge in [-0.1, -0.05) is 23.2 Å². The van der Waals surface area contributed by atoms with E-state index in [2.05, 4.69) is 28.6 Å². The lowest BCUT2D eigenvalue weighted by Crippen LogP contribution is -2.58. The summed E-state index contributed by atoms with van der Waals surface area (Å²) in [5.41, 5.74) is -0.548. The molecule has 0 bridgehead atoms. The molecule has 5 rings (SSSR count). The Morgan fingerprint density at radius 3 is 2.47 bits per heavy atom. The molecule has 0 aromatic carbocycles. The topological polar surface area (TPSA) is 87.7 Å². The predicted octanol–water partition coefficient (Wildman–Crippen LogP) is 3.53. The standard InChI is InChI=1S/C26H37Cl2N5O5/c1-25(2,3)38-24(35)30-7-8-32-16(10-30)14-37-20-18(23(32)34)22(29-21(28)19(20)27)33-11-15(9-26(33,4)5)31-12-17(13-31)36-6/h15-17H,7-14H2,1-6H3/t15-,16+/m0/s1. The van der Waals surface area contributed by atoms with Crippen molar-refractivity contribution in [2.24, 2.45) is 0 Å². The van der Waals surface area contributed by atoms with E-state index in [4.69, 9.17) is 37.4 Å². The van der Waals surface area contributed by atoms with E-state index in [0.717, 1.165) is 19.5 Å². The molecular weight excluding hydrogens is 533 g/mol. The molecule has 2 atom stereocenters. The van der Waals surface area contributed by atoms with E-state index in [1.807, 2.05) is 20.8 Å². The minimum Gasteiger partial charge on any atom is -0.489 e. The molecular formula is C26H37Cl2N5O5. The molecule has 3 fully saturated rings. The SMILES string of the molecule is COC1CN([C@@H]2CN(c3nc(Cl)c(Cl)c4c3C(=O)N3CCN(C(=O)OC(C)(C)C)C[C@@H]3CO4)C(C)(C)C2)C1. The van der Waals surface area contributed by atoms with Crippen LogP contribution in [0.15, 0.2) is 0 Å². The number of pyridine rings is 1. The van der Waals surface area contributed by atoms with Crippen LogP contribution >= 0.6 is 23.2 Å². The molecule has 10 nitrogen and oxygen atoms in total. The summed E-state index contributed by atoms with van der Waals surface area (Å²) in [6.07, 6.45) is 0.769. The van der Waals surface area contributed by atoms with Gasteiger partial charge in [0, 0.05) is 58.0 Å². The van der Waals surface area contributed by atoms with Gasteiger partial charge in [-0.25, -0.2) is 9.78 Å². The van der Waals surface area contributed by atoms with Crippen LogP contribution in [0.3, 0.4) is 0 Å². The number of anilines is 1. The van der Waals surface area contributed by atoms with Gasteiger partial charge in [-0.3, -0.25) is 9.69 Å². The maximum atomic E-state index is 14.1. The Hall–Kier alpha value is -2.01. The van der Waals surface area contributed by atoms with Crippen LogP contribution in [-0.2, 0) is 9.47 Å². The van der Waals surface area contributed by atoms with Gasteiger partial charge in [-0.15, -0.1) is 0 Å². The normalized spacial score (nSPS) is 25.9. The van der Waals surface area contributed by atoms with Crippen molar-refractivity contribution >= 4 is 41.0 Å². The fraction of sp³-hybridized carbons (Fsp3) is 0.731. The van der Waals surface area contributed by atoms with Gasteiger partial charge in [0.15, 0.2) is 10.9 Å². The number of piperazine rings is 1. The number of ether oxygens (including phenoxy) is 3. The molecule has 12 heteroatoms. The second-order valence-corrected chi connectivity index (χ2v) is 13.0. The van der Waals surface area contributed by atoms with Crippen LogP contribution in [0.2, 0.25) is 10.2 Å². The van der Waals surface area contributed by atoms with Crippen molar-refractivity contribution in [2.75, 3.05) is 57.9 Å². The van der Waals surface area contributed by atoms with Crippen molar-refractivity contribution in [3.05, 3.63) is 15.7 Å². The molecule has 5 heterocycles. The first-order valence-corrected chi connectivity index (χ1v) is 13.9. The number of rotatable bonds is 3. The van der Waals surface area contributed by atoms with Crippen LogP contribution in [0, 0.1) is 0 Å². The van der Waals surface area contributed by atoms with Crippen LogP contribution in [0.1, 0.15) is 51.4 Å². The van der Waals surface area contributed by atoms with Gasteiger partial charge in [0.2, 0.25) is 0 Å². The highest BCUT2D eigenvalue weighted by atomic mass is 35.5. The predicted molar refractivity (Wildman–Crippen MR) is 145 cm³/mol. The van der Waals surface area contributed by atoms with E-state index < -0.39 is 11.7 Å². The number of hydrogen-bond acceptors (Lipinski definition) is 8. The maximum absolute atomic E-state index is 14.1. The zero-order valence-corrected chi connectivity index (χ0v) is 24.4. The fourth-order valence-corrected chi connectivity index (χ4v) is 6.21. The van der Waals surface area contributed by atoms with Crippen molar-refractivity contribution in [2.45, 2.75) is 70.4 Å². The average molecular weight is 571 g/mol. The lowest BCUT2D eigenvalue weighted by Gasteiger charge is -2.42. The summed E-state index contributed by atoms with van der Waals surface area (Å²) in [5.74, 6) is 0.536. The summed E-state index contributed by atoms with van der Waals surface area (Å²) in [4.78, 5) is 39.4. The monoisotopic (exact) mass is 569 g/mol. The molecule has 1 aromatic heterocycles. The quantitative estimate of drug-likeness (QED) is 0.511. The third-order valence-electron chi connectivity index (χ3n) is 7.91. The van der Waals surface area contributed by atoms with Crippen LogP contribution in [0.4, 0.5) is 10.6 Å². The maximum Gasteiger partial charge on any atom is 0.410 e. The van der Waals surface area contributed by atoms with Crippen molar-refractivity contribution in [1.82, 2.24) is 19.7 Å². The van der Waals surface area contributed by atoms with Crippen LogP contribution in [-0.4, -0.2) is 114 Å². The summed E-state index contributed by atoms with van der Waals surface area (Å²) in [6.45, 7) is 13.5. The highest BCUT2D eigenvalue weighted by Crippen LogP contribution is 2.46. The van der Waals surface area contributed by atoms with E-state index in [1.54, 1.807) is 16.9 Å². The molecule has 0 saturated carbocycles. The number of halogens is 2. The zero-order chi connectivity index (χ0) is 27.6. The third kappa shape index (κ3) is 5.00. The molecule has 4 aliphatic heterocycles. The number of methoxy groups -OCH3 is 1. The number of amides is 2. The largest absolute Gasteiger partial charge is 0.489 e. The van der Waals surface area contributed by atoms with E-state index >= 15 is 0 Å². The minimum absolute atomic E-state index is 0.103. The molecule has 38 heavy (non-hydrogen) atoms. The summed E-state index contributed by atoms with van der Waals surface area (Å²) in [6, 6.07) is -0.0551. The minimum atomic E-state index is -0.605. The van der Waals surface area contributed by atoms with E-state index in [0.29, 0.717) is 43.6 Å². The summed E-state index contributed by atoms with van der Waals surface area (Å²) < 4.78 is 17.2.